The molecule has 0 unspecified atom stereocenters. The van der Waals surface area contributed by atoms with Gasteiger partial charge in [-0.05, 0) is 60.7 Å². The molecular weight excluding hydrogens is 378 g/mol. The molecular formula is C20H21N3O4S. The summed E-state index contributed by atoms with van der Waals surface area (Å²) in [5.41, 5.74) is 2.61. The average Bonchev–Trinajstić information content (AvgIpc) is 2.62. The lowest BCUT2D eigenvalue weighted by atomic mass is 10.1. The van der Waals surface area contributed by atoms with Crippen LogP contribution in [0.3, 0.4) is 0 Å². The number of hydrogen-bond donors (Lipinski definition) is 3. The van der Waals surface area contributed by atoms with Gasteiger partial charge in [0.05, 0.1) is 4.90 Å². The van der Waals surface area contributed by atoms with Crippen LogP contribution in [-0.2, 0) is 21.2 Å². The molecule has 3 aromatic rings. The van der Waals surface area contributed by atoms with Gasteiger partial charge in [-0.15, -0.1) is 0 Å². The Balaban J connectivity index is 1.69. The number of hydrogen-bond acceptors (Lipinski definition) is 4. The van der Waals surface area contributed by atoms with Gasteiger partial charge in [-0.2, -0.15) is 0 Å². The van der Waals surface area contributed by atoms with Gasteiger partial charge in [-0.1, -0.05) is 12.1 Å². The standard InChI is InChI=1S/C20H21N3O4S/c1-13-3-4-15-12-16(20(25)23-19(15)11-13)9-10-21-28(26,27)18-7-5-17(6-8-18)22-14(2)24/h3-8,11-12,21H,9-10H2,1-2H3,(H,22,24)(H,23,25). The van der Waals surface area contributed by atoms with Crippen molar-refractivity contribution in [1.82, 2.24) is 9.71 Å². The number of benzene rings is 2. The van der Waals surface area contributed by atoms with Crippen LogP contribution < -0.4 is 15.6 Å². The van der Waals surface area contributed by atoms with Crippen molar-refractivity contribution in [3.05, 3.63) is 70.0 Å². The lowest BCUT2D eigenvalue weighted by Gasteiger charge is -2.08. The molecule has 0 fully saturated rings. The van der Waals surface area contributed by atoms with E-state index in [2.05, 4.69) is 15.0 Å². The van der Waals surface area contributed by atoms with Crippen LogP contribution in [0.5, 0.6) is 0 Å². The number of pyridine rings is 1. The number of sulfonamides is 1. The van der Waals surface area contributed by atoms with Crippen molar-refractivity contribution >= 4 is 32.5 Å². The second-order valence-corrected chi connectivity index (χ2v) is 8.33. The number of aromatic nitrogens is 1. The largest absolute Gasteiger partial charge is 0.326 e. The van der Waals surface area contributed by atoms with Crippen molar-refractivity contribution < 1.29 is 13.2 Å². The third-order valence-electron chi connectivity index (χ3n) is 4.25. The molecule has 0 bridgehead atoms. The number of H-pyrrole nitrogens is 1. The minimum Gasteiger partial charge on any atom is -0.326 e. The van der Waals surface area contributed by atoms with Crippen LogP contribution in [0, 0.1) is 6.92 Å². The lowest BCUT2D eigenvalue weighted by Crippen LogP contribution is -2.27. The van der Waals surface area contributed by atoms with Gasteiger partial charge in [-0.25, -0.2) is 13.1 Å². The first-order valence-electron chi connectivity index (χ1n) is 8.74. The van der Waals surface area contributed by atoms with Gasteiger partial charge in [-0.3, -0.25) is 9.59 Å². The molecule has 0 aliphatic heterocycles. The summed E-state index contributed by atoms with van der Waals surface area (Å²) in [6.07, 6.45) is 0.266. The molecule has 7 nitrogen and oxygen atoms in total. The van der Waals surface area contributed by atoms with Gasteiger partial charge in [0.1, 0.15) is 0 Å². The number of aromatic amines is 1. The Labute approximate surface area is 162 Å². The molecule has 2 aromatic carbocycles. The highest BCUT2D eigenvalue weighted by molar-refractivity contribution is 7.89. The summed E-state index contributed by atoms with van der Waals surface area (Å²) in [5, 5.41) is 3.48. The molecule has 0 aliphatic carbocycles. The number of amides is 1. The summed E-state index contributed by atoms with van der Waals surface area (Å²) in [7, 11) is -3.71. The zero-order valence-corrected chi connectivity index (χ0v) is 16.4. The van der Waals surface area contributed by atoms with E-state index in [-0.39, 0.29) is 29.3 Å². The van der Waals surface area contributed by atoms with Crippen molar-refractivity contribution in [3.8, 4) is 0 Å². The van der Waals surface area contributed by atoms with E-state index in [0.717, 1.165) is 16.5 Å². The third kappa shape index (κ3) is 4.65. The Morgan fingerprint density at radius 2 is 1.79 bits per heavy atom. The van der Waals surface area contributed by atoms with E-state index in [9.17, 15) is 18.0 Å². The zero-order chi connectivity index (χ0) is 20.3. The van der Waals surface area contributed by atoms with E-state index in [0.29, 0.717) is 11.3 Å². The molecule has 0 aliphatic rings. The van der Waals surface area contributed by atoms with Crippen LogP contribution in [0.2, 0.25) is 0 Å². The summed E-state index contributed by atoms with van der Waals surface area (Å²) in [5.74, 6) is -0.232. The lowest BCUT2D eigenvalue weighted by molar-refractivity contribution is -0.114. The maximum Gasteiger partial charge on any atom is 0.251 e. The van der Waals surface area contributed by atoms with Crippen LogP contribution >= 0.6 is 0 Å². The van der Waals surface area contributed by atoms with E-state index in [1.807, 2.05) is 25.1 Å². The van der Waals surface area contributed by atoms with Gasteiger partial charge in [0.25, 0.3) is 5.56 Å². The van der Waals surface area contributed by atoms with Gasteiger partial charge < -0.3 is 10.3 Å². The molecule has 28 heavy (non-hydrogen) atoms. The molecule has 146 valence electrons. The molecule has 0 saturated heterocycles. The zero-order valence-electron chi connectivity index (χ0n) is 15.6. The fourth-order valence-corrected chi connectivity index (χ4v) is 3.90. The number of anilines is 1. The minimum absolute atomic E-state index is 0.0875. The number of nitrogens with one attached hydrogen (secondary N) is 3. The second-order valence-electron chi connectivity index (χ2n) is 6.57. The minimum atomic E-state index is -3.71. The van der Waals surface area contributed by atoms with Crippen LogP contribution in [-0.4, -0.2) is 25.9 Å². The van der Waals surface area contributed by atoms with E-state index >= 15 is 0 Å². The number of carbonyl (C=O) groups is 1. The average molecular weight is 399 g/mol. The number of fused-ring (bicyclic) bond motifs is 1. The number of carbonyl (C=O) groups excluding carboxylic acids is 1. The van der Waals surface area contributed by atoms with Crippen molar-refractivity contribution in [2.24, 2.45) is 0 Å². The van der Waals surface area contributed by atoms with Gasteiger partial charge >= 0.3 is 0 Å². The SMILES string of the molecule is CC(=O)Nc1ccc(S(=O)(=O)NCCc2cc3ccc(C)cc3[nH]c2=O)cc1. The Kier molecular flexibility index (Phi) is 5.62. The van der Waals surface area contributed by atoms with Crippen molar-refractivity contribution in [3.63, 3.8) is 0 Å². The molecule has 0 atom stereocenters. The van der Waals surface area contributed by atoms with Crippen molar-refractivity contribution in [2.75, 3.05) is 11.9 Å². The monoisotopic (exact) mass is 399 g/mol. The molecule has 0 radical (unpaired) electrons. The molecule has 0 saturated carbocycles. The summed E-state index contributed by atoms with van der Waals surface area (Å²) in [6, 6.07) is 13.4. The Bertz CT molecular complexity index is 1180. The highest BCUT2D eigenvalue weighted by Crippen LogP contribution is 2.15. The van der Waals surface area contributed by atoms with Crippen molar-refractivity contribution in [1.29, 1.82) is 0 Å². The fourth-order valence-electron chi connectivity index (χ4n) is 2.87. The molecule has 1 amide bonds. The highest BCUT2D eigenvalue weighted by atomic mass is 32.2. The van der Waals surface area contributed by atoms with Gasteiger partial charge in [0.15, 0.2) is 0 Å². The Morgan fingerprint density at radius 3 is 2.46 bits per heavy atom. The van der Waals surface area contributed by atoms with Crippen molar-refractivity contribution in [2.45, 2.75) is 25.2 Å². The van der Waals surface area contributed by atoms with Gasteiger partial charge in [0, 0.05) is 30.2 Å². The van der Waals surface area contributed by atoms with Crippen LogP contribution in [0.15, 0.2) is 58.2 Å². The molecule has 8 heteroatoms. The Hall–Kier alpha value is -2.97. The molecule has 3 N–H and O–H groups in total. The second kappa shape index (κ2) is 7.95. The molecule has 0 spiro atoms. The summed E-state index contributed by atoms with van der Waals surface area (Å²) < 4.78 is 27.3. The summed E-state index contributed by atoms with van der Waals surface area (Å²) >= 11 is 0. The third-order valence-corrected chi connectivity index (χ3v) is 5.73. The quantitative estimate of drug-likeness (QED) is 0.591. The van der Waals surface area contributed by atoms with Crippen LogP contribution in [0.1, 0.15) is 18.1 Å². The maximum absolute atomic E-state index is 12.4. The molecule has 1 aromatic heterocycles. The van der Waals surface area contributed by atoms with E-state index in [1.165, 1.54) is 31.2 Å². The van der Waals surface area contributed by atoms with E-state index < -0.39 is 10.0 Å². The normalized spacial score (nSPS) is 11.5. The van der Waals surface area contributed by atoms with E-state index in [4.69, 9.17) is 0 Å². The molecule has 1 heterocycles. The summed E-state index contributed by atoms with van der Waals surface area (Å²) in [4.78, 5) is 26.2. The first-order chi connectivity index (χ1) is 13.2. The Morgan fingerprint density at radius 1 is 1.07 bits per heavy atom. The van der Waals surface area contributed by atoms with Gasteiger partial charge in [0.2, 0.25) is 15.9 Å². The molecule has 3 rings (SSSR count). The predicted molar refractivity (Wildman–Crippen MR) is 109 cm³/mol. The summed E-state index contributed by atoms with van der Waals surface area (Å²) in [6.45, 7) is 3.42. The predicted octanol–water partition coefficient (Wildman–Crippen LogP) is 2.32. The van der Waals surface area contributed by atoms with Crippen LogP contribution in [0.25, 0.3) is 10.9 Å². The maximum atomic E-state index is 12.4. The number of aryl methyl sites for hydroxylation is 1. The first-order valence-corrected chi connectivity index (χ1v) is 10.2. The fraction of sp³-hybridized carbons (Fsp3) is 0.200. The van der Waals surface area contributed by atoms with Crippen LogP contribution in [0.4, 0.5) is 5.69 Å². The highest BCUT2D eigenvalue weighted by Gasteiger charge is 2.14. The first kappa shape index (κ1) is 19.8. The number of rotatable bonds is 6. The topological polar surface area (TPSA) is 108 Å². The smallest absolute Gasteiger partial charge is 0.251 e. The van der Waals surface area contributed by atoms with E-state index in [1.54, 1.807) is 6.07 Å².